The van der Waals surface area contributed by atoms with Crippen LogP contribution in [0.25, 0.3) is 0 Å². The molecule has 1 aliphatic rings. The van der Waals surface area contributed by atoms with E-state index in [-0.39, 0.29) is 15.0 Å². The average molecular weight is 283 g/mol. The number of carbonyl (C=O) groups is 3. The van der Waals surface area contributed by atoms with Gasteiger partial charge in [-0.25, -0.2) is 0 Å². The van der Waals surface area contributed by atoms with Gasteiger partial charge in [0.1, 0.15) is 0 Å². The first-order valence-corrected chi connectivity index (χ1v) is 6.39. The fourth-order valence-corrected chi connectivity index (χ4v) is 3.17. The quantitative estimate of drug-likeness (QED) is 0.549. The third-order valence-corrected chi connectivity index (χ3v) is 4.48. The van der Waals surface area contributed by atoms with Gasteiger partial charge in [0, 0.05) is 0 Å². The summed E-state index contributed by atoms with van der Waals surface area (Å²) in [4.78, 5) is 32.9. The number of barbiturate groups is 1. The Hall–Kier alpha value is -1.65. The summed E-state index contributed by atoms with van der Waals surface area (Å²) >= 11 is -0.309. The zero-order valence-electron chi connectivity index (χ0n) is 8.10. The first-order chi connectivity index (χ1) is 7.66. The predicted octanol–water partition coefficient (Wildman–Crippen LogP) is -0.829. The number of benzene rings is 1. The Balaban J connectivity index is 2.13. The van der Waals surface area contributed by atoms with Crippen LogP contribution in [0.4, 0.5) is 4.79 Å². The standard InChI is InChI=1S/C10H8N2O3Se/c13-8-7(9(14)12-10(15)11-8)16-6-4-2-1-3-5-6/h1-5,7H,(H2,11,12,13,14,15). The molecule has 1 saturated heterocycles. The van der Waals surface area contributed by atoms with Crippen LogP contribution in [0.2, 0.25) is 4.82 Å². The molecule has 2 N–H and O–H groups in total. The topological polar surface area (TPSA) is 75.3 Å². The summed E-state index contributed by atoms with van der Waals surface area (Å²) in [5, 5.41) is 4.17. The Morgan fingerprint density at radius 3 is 2.06 bits per heavy atom. The van der Waals surface area contributed by atoms with Crippen molar-refractivity contribution in [3.63, 3.8) is 0 Å². The maximum atomic E-state index is 11.4. The molecule has 0 spiro atoms. The number of urea groups is 1. The van der Waals surface area contributed by atoms with Crippen LogP contribution in [0, 0.1) is 0 Å². The van der Waals surface area contributed by atoms with Crippen molar-refractivity contribution in [2.24, 2.45) is 0 Å². The number of hydrogen-bond acceptors (Lipinski definition) is 3. The third-order valence-electron chi connectivity index (χ3n) is 1.95. The normalized spacial score (nSPS) is 16.9. The second-order valence-corrected chi connectivity index (χ2v) is 5.59. The molecule has 6 heteroatoms. The maximum absolute atomic E-state index is 11.4. The van der Waals surface area contributed by atoms with E-state index in [1.54, 1.807) is 0 Å². The van der Waals surface area contributed by atoms with Crippen LogP contribution in [-0.4, -0.2) is 32.8 Å². The molecule has 0 bridgehead atoms. The van der Waals surface area contributed by atoms with Crippen LogP contribution in [0.1, 0.15) is 0 Å². The van der Waals surface area contributed by atoms with Gasteiger partial charge >= 0.3 is 97.4 Å². The molecule has 1 fully saturated rings. The minimum atomic E-state index is -0.771. The summed E-state index contributed by atoms with van der Waals surface area (Å²) in [6, 6.07) is 8.54. The van der Waals surface area contributed by atoms with E-state index in [1.165, 1.54) is 0 Å². The molecule has 82 valence electrons. The molecule has 0 atom stereocenters. The predicted molar refractivity (Wildman–Crippen MR) is 57.3 cm³/mol. The zero-order chi connectivity index (χ0) is 11.5. The van der Waals surface area contributed by atoms with E-state index in [0.717, 1.165) is 4.46 Å². The summed E-state index contributed by atoms with van der Waals surface area (Å²) < 4.78 is 0.944. The first-order valence-electron chi connectivity index (χ1n) is 4.54. The number of rotatable bonds is 2. The average Bonchev–Trinajstić information content (AvgIpc) is 2.25. The summed E-state index contributed by atoms with van der Waals surface area (Å²) in [6.45, 7) is 0. The Morgan fingerprint density at radius 2 is 1.50 bits per heavy atom. The number of amides is 4. The van der Waals surface area contributed by atoms with Crippen molar-refractivity contribution in [1.29, 1.82) is 0 Å². The Kier molecular flexibility index (Phi) is 3.03. The monoisotopic (exact) mass is 284 g/mol. The molecule has 2 rings (SSSR count). The Morgan fingerprint density at radius 1 is 0.938 bits per heavy atom. The van der Waals surface area contributed by atoms with E-state index < -0.39 is 22.7 Å². The van der Waals surface area contributed by atoms with E-state index in [9.17, 15) is 14.4 Å². The fraction of sp³-hybridized carbons (Fsp3) is 0.100. The Labute approximate surface area is 97.8 Å². The van der Waals surface area contributed by atoms with Crippen LogP contribution >= 0.6 is 0 Å². The number of carbonyl (C=O) groups excluding carboxylic acids is 3. The SMILES string of the molecule is O=C1NC(=O)C([Se]c2ccccc2)C(=O)N1. The fourth-order valence-electron chi connectivity index (χ4n) is 1.25. The second-order valence-electron chi connectivity index (χ2n) is 3.12. The van der Waals surface area contributed by atoms with E-state index in [4.69, 9.17) is 0 Å². The minimum absolute atomic E-state index is 0.309. The van der Waals surface area contributed by atoms with Crippen molar-refractivity contribution in [3.8, 4) is 0 Å². The molecule has 0 saturated carbocycles. The van der Waals surface area contributed by atoms with Crippen molar-refractivity contribution in [2.45, 2.75) is 4.82 Å². The summed E-state index contributed by atoms with van der Waals surface area (Å²) in [7, 11) is 0. The van der Waals surface area contributed by atoms with Crippen LogP contribution in [0.3, 0.4) is 0 Å². The molecule has 0 unspecified atom stereocenters. The molecule has 4 amide bonds. The van der Waals surface area contributed by atoms with Gasteiger partial charge < -0.3 is 0 Å². The van der Waals surface area contributed by atoms with Crippen molar-refractivity contribution >= 4 is 37.3 Å². The molecular formula is C10H8N2O3Se. The van der Waals surface area contributed by atoms with Gasteiger partial charge in [0.2, 0.25) is 0 Å². The molecule has 16 heavy (non-hydrogen) atoms. The molecule has 5 nitrogen and oxygen atoms in total. The molecule has 1 heterocycles. The van der Waals surface area contributed by atoms with Gasteiger partial charge in [0.25, 0.3) is 0 Å². The number of hydrogen-bond donors (Lipinski definition) is 2. The number of imide groups is 2. The molecule has 0 aliphatic carbocycles. The molecule has 0 radical (unpaired) electrons. The van der Waals surface area contributed by atoms with Gasteiger partial charge in [-0.1, -0.05) is 0 Å². The van der Waals surface area contributed by atoms with Gasteiger partial charge in [0.05, 0.1) is 0 Å². The first kappa shape index (κ1) is 10.9. The summed E-state index contributed by atoms with van der Waals surface area (Å²) in [5.41, 5.74) is 0. The van der Waals surface area contributed by atoms with Crippen LogP contribution in [0.15, 0.2) is 30.3 Å². The summed E-state index contributed by atoms with van der Waals surface area (Å²) in [5.74, 6) is -1.03. The van der Waals surface area contributed by atoms with E-state index in [2.05, 4.69) is 10.6 Å². The Bertz CT molecular complexity index is 427. The van der Waals surface area contributed by atoms with Crippen molar-refractivity contribution < 1.29 is 14.4 Å². The van der Waals surface area contributed by atoms with Gasteiger partial charge in [-0.3, -0.25) is 0 Å². The van der Waals surface area contributed by atoms with Gasteiger partial charge in [-0.2, -0.15) is 0 Å². The molecule has 1 aromatic rings. The molecular weight excluding hydrogens is 275 g/mol. The van der Waals surface area contributed by atoms with Gasteiger partial charge in [0.15, 0.2) is 0 Å². The molecule has 0 aromatic heterocycles. The van der Waals surface area contributed by atoms with Crippen LogP contribution in [-0.2, 0) is 9.59 Å². The second kappa shape index (κ2) is 4.47. The van der Waals surface area contributed by atoms with Crippen molar-refractivity contribution in [3.05, 3.63) is 30.3 Å². The summed E-state index contributed by atoms with van der Waals surface area (Å²) in [6.07, 6.45) is 0. The molecule has 1 aromatic carbocycles. The van der Waals surface area contributed by atoms with Gasteiger partial charge in [-0.15, -0.1) is 0 Å². The third kappa shape index (κ3) is 2.29. The van der Waals surface area contributed by atoms with E-state index in [0.29, 0.717) is 0 Å². The van der Waals surface area contributed by atoms with Crippen LogP contribution < -0.4 is 15.1 Å². The van der Waals surface area contributed by atoms with Gasteiger partial charge in [-0.05, 0) is 0 Å². The number of nitrogens with one attached hydrogen (secondary N) is 2. The van der Waals surface area contributed by atoms with Crippen LogP contribution in [0.5, 0.6) is 0 Å². The van der Waals surface area contributed by atoms with Crippen molar-refractivity contribution in [2.75, 3.05) is 0 Å². The zero-order valence-corrected chi connectivity index (χ0v) is 9.81. The van der Waals surface area contributed by atoms with Crippen molar-refractivity contribution in [1.82, 2.24) is 10.6 Å². The molecule has 1 aliphatic heterocycles. The van der Waals surface area contributed by atoms with E-state index in [1.807, 2.05) is 30.3 Å². The van der Waals surface area contributed by atoms with E-state index >= 15 is 0 Å².